The topological polar surface area (TPSA) is 0 Å². The molecule has 0 saturated carbocycles. The molecular formula is C3H5FI2. The van der Waals surface area contributed by atoms with Crippen molar-refractivity contribution in [2.75, 3.05) is 0 Å². The molecule has 0 heterocycles. The average molecular weight is 314 g/mol. The van der Waals surface area contributed by atoms with Gasteiger partial charge < -0.3 is 0 Å². The number of halogens is 3. The van der Waals surface area contributed by atoms with E-state index in [0.29, 0.717) is 6.42 Å². The van der Waals surface area contributed by atoms with Crippen LogP contribution in [0.2, 0.25) is 0 Å². The van der Waals surface area contributed by atoms with Crippen LogP contribution in [0.15, 0.2) is 0 Å². The molecule has 0 amide bonds. The van der Waals surface area contributed by atoms with E-state index < -0.39 is 1.68 Å². The molecule has 0 aromatic carbocycles. The van der Waals surface area contributed by atoms with Gasteiger partial charge in [-0.25, -0.2) is 4.39 Å². The lowest BCUT2D eigenvalue weighted by Crippen LogP contribution is -1.95. The molecule has 6 heavy (non-hydrogen) atoms. The van der Waals surface area contributed by atoms with E-state index in [1.807, 2.05) is 6.92 Å². The van der Waals surface area contributed by atoms with E-state index in [4.69, 9.17) is 0 Å². The molecular weight excluding hydrogens is 309 g/mol. The predicted octanol–water partition coefficient (Wildman–Crippen LogP) is 2.89. The Kier molecular flexibility index (Phi) is 3.25. The molecule has 0 unspecified atom stereocenters. The number of rotatable bonds is 1. The Labute approximate surface area is 64.2 Å². The summed E-state index contributed by atoms with van der Waals surface area (Å²) < 4.78 is 11.1. The Morgan fingerprint density at radius 1 is 1.67 bits per heavy atom. The van der Waals surface area contributed by atoms with Gasteiger partial charge in [0.15, 0.2) is 0 Å². The van der Waals surface area contributed by atoms with Gasteiger partial charge >= 0.3 is 0 Å². The third-order valence-electron chi connectivity index (χ3n) is 0.401. The Bertz CT molecular complexity index is 38.5. The van der Waals surface area contributed by atoms with Crippen molar-refractivity contribution < 1.29 is 4.39 Å². The van der Waals surface area contributed by atoms with Gasteiger partial charge in [0.05, 0.1) is 0 Å². The minimum Gasteiger partial charge on any atom is -0.221 e. The van der Waals surface area contributed by atoms with Crippen molar-refractivity contribution in [2.24, 2.45) is 0 Å². The van der Waals surface area contributed by atoms with Gasteiger partial charge in [-0.15, -0.1) is 0 Å². The lowest BCUT2D eigenvalue weighted by Gasteiger charge is -2.02. The first-order valence-corrected chi connectivity index (χ1v) is 3.79. The van der Waals surface area contributed by atoms with Crippen molar-refractivity contribution in [1.29, 1.82) is 0 Å². The molecule has 0 radical (unpaired) electrons. The van der Waals surface area contributed by atoms with Gasteiger partial charge in [0.2, 0.25) is 1.68 Å². The second-order valence-corrected chi connectivity index (χ2v) is 6.45. The maximum Gasteiger partial charge on any atom is 0.210 e. The minimum absolute atomic E-state index is 0.578. The SMILES string of the molecule is CCC(F)(I)I. The molecule has 0 aliphatic carbocycles. The monoisotopic (exact) mass is 314 g/mol. The largest absolute Gasteiger partial charge is 0.221 e. The normalized spacial score (nSPS) is 12.0. The molecule has 0 fully saturated rings. The third kappa shape index (κ3) is 5.39. The summed E-state index contributed by atoms with van der Waals surface area (Å²) in [5.41, 5.74) is 0. The van der Waals surface area contributed by atoms with Crippen molar-refractivity contribution >= 4 is 45.2 Å². The van der Waals surface area contributed by atoms with E-state index in [0.717, 1.165) is 0 Å². The van der Waals surface area contributed by atoms with Crippen molar-refractivity contribution in [1.82, 2.24) is 0 Å². The van der Waals surface area contributed by atoms with Gasteiger partial charge in [-0.3, -0.25) is 0 Å². The second kappa shape index (κ2) is 2.64. The fourth-order valence-electron chi connectivity index (χ4n) is 0. The summed E-state index contributed by atoms with van der Waals surface area (Å²) in [4.78, 5) is 0. The predicted molar refractivity (Wildman–Crippen MR) is 42.2 cm³/mol. The van der Waals surface area contributed by atoms with Gasteiger partial charge in [0.1, 0.15) is 0 Å². The molecule has 0 atom stereocenters. The molecule has 0 aromatic heterocycles. The molecule has 3 heteroatoms. The quantitative estimate of drug-likeness (QED) is 0.516. The van der Waals surface area contributed by atoms with Gasteiger partial charge in [0.25, 0.3) is 0 Å². The highest BCUT2D eigenvalue weighted by atomic mass is 127. The zero-order chi connectivity index (χ0) is 5.21. The van der Waals surface area contributed by atoms with Crippen molar-refractivity contribution in [3.05, 3.63) is 0 Å². The fourth-order valence-corrected chi connectivity index (χ4v) is 0. The lowest BCUT2D eigenvalue weighted by molar-refractivity contribution is 0.444. The zero-order valence-electron chi connectivity index (χ0n) is 3.34. The second-order valence-electron chi connectivity index (χ2n) is 0.969. The molecule has 0 aliphatic heterocycles. The van der Waals surface area contributed by atoms with E-state index >= 15 is 0 Å². The summed E-state index contributed by atoms with van der Waals surface area (Å²) in [6, 6.07) is 0. The van der Waals surface area contributed by atoms with Gasteiger partial charge in [-0.05, 0) is 51.6 Å². The molecule has 0 bridgehead atoms. The smallest absolute Gasteiger partial charge is 0.210 e. The Morgan fingerprint density at radius 2 is 1.83 bits per heavy atom. The van der Waals surface area contributed by atoms with E-state index in [1.54, 1.807) is 45.2 Å². The molecule has 0 rings (SSSR count). The van der Waals surface area contributed by atoms with Crippen LogP contribution in [0.4, 0.5) is 4.39 Å². The highest BCUT2D eigenvalue weighted by Crippen LogP contribution is 2.31. The van der Waals surface area contributed by atoms with E-state index in [9.17, 15) is 4.39 Å². The highest BCUT2D eigenvalue weighted by Gasteiger charge is 2.15. The summed E-state index contributed by atoms with van der Waals surface area (Å²) in [5.74, 6) is 0. The maximum atomic E-state index is 12.1. The Morgan fingerprint density at radius 3 is 1.83 bits per heavy atom. The van der Waals surface area contributed by atoms with Crippen LogP contribution in [0.25, 0.3) is 0 Å². The van der Waals surface area contributed by atoms with Crippen molar-refractivity contribution in [2.45, 2.75) is 15.0 Å². The Balaban J connectivity index is 3.17. The van der Waals surface area contributed by atoms with Crippen molar-refractivity contribution in [3.8, 4) is 0 Å². The molecule has 38 valence electrons. The molecule has 0 N–H and O–H groups in total. The first-order chi connectivity index (χ1) is 2.56. The zero-order valence-corrected chi connectivity index (χ0v) is 7.66. The summed E-state index contributed by atoms with van der Waals surface area (Å²) in [7, 11) is 0. The van der Waals surface area contributed by atoms with Crippen LogP contribution in [-0.4, -0.2) is 1.68 Å². The summed E-state index contributed by atoms with van der Waals surface area (Å²) in [5, 5.41) is 0. The molecule has 0 nitrogen and oxygen atoms in total. The lowest BCUT2D eigenvalue weighted by atomic mass is 10.6. The van der Waals surface area contributed by atoms with E-state index in [1.165, 1.54) is 0 Å². The summed E-state index contributed by atoms with van der Waals surface area (Å²) >= 11 is 3.52. The van der Waals surface area contributed by atoms with Crippen LogP contribution in [0.1, 0.15) is 13.3 Å². The standard InChI is InChI=1S/C3H5FI2/c1-2-3(4,5)6/h2H2,1H3. The van der Waals surface area contributed by atoms with Crippen LogP contribution in [0.5, 0.6) is 0 Å². The molecule has 0 saturated heterocycles. The van der Waals surface area contributed by atoms with Gasteiger partial charge in [-0.1, -0.05) is 6.92 Å². The van der Waals surface area contributed by atoms with Crippen LogP contribution in [-0.2, 0) is 0 Å². The van der Waals surface area contributed by atoms with Gasteiger partial charge in [-0.2, -0.15) is 0 Å². The first kappa shape index (κ1) is 7.39. The minimum atomic E-state index is -1.02. The fraction of sp³-hybridized carbons (Fsp3) is 1.00. The van der Waals surface area contributed by atoms with Crippen LogP contribution >= 0.6 is 45.2 Å². The van der Waals surface area contributed by atoms with E-state index in [2.05, 4.69) is 0 Å². The third-order valence-corrected chi connectivity index (χ3v) is 1.93. The van der Waals surface area contributed by atoms with Crippen LogP contribution in [0, 0.1) is 0 Å². The maximum absolute atomic E-state index is 12.1. The summed E-state index contributed by atoms with van der Waals surface area (Å²) in [6.45, 7) is 1.82. The molecule has 0 aromatic rings. The Hall–Kier alpha value is 1.39. The molecule has 0 spiro atoms. The van der Waals surface area contributed by atoms with E-state index in [-0.39, 0.29) is 0 Å². The summed E-state index contributed by atoms with van der Waals surface area (Å²) in [6.07, 6.45) is 0.578. The highest BCUT2D eigenvalue weighted by molar-refractivity contribution is 14.2. The average Bonchev–Trinajstić information content (AvgIpc) is 1.35. The number of hydrogen-bond donors (Lipinski definition) is 0. The number of hydrogen-bond acceptors (Lipinski definition) is 0. The first-order valence-electron chi connectivity index (χ1n) is 1.63. The van der Waals surface area contributed by atoms with Gasteiger partial charge in [0, 0.05) is 0 Å². The van der Waals surface area contributed by atoms with Crippen LogP contribution < -0.4 is 0 Å². The van der Waals surface area contributed by atoms with Crippen molar-refractivity contribution in [3.63, 3.8) is 0 Å². The number of alkyl halides is 3. The molecule has 0 aliphatic rings. The van der Waals surface area contributed by atoms with Crippen LogP contribution in [0.3, 0.4) is 0 Å².